The van der Waals surface area contributed by atoms with Crippen molar-refractivity contribution in [2.24, 2.45) is 0 Å². The van der Waals surface area contributed by atoms with Crippen LogP contribution in [0.15, 0.2) is 28.7 Å². The molecule has 16 heavy (non-hydrogen) atoms. The second-order valence-electron chi connectivity index (χ2n) is 2.77. The van der Waals surface area contributed by atoms with E-state index in [1.54, 1.807) is 12.1 Å². The summed E-state index contributed by atoms with van der Waals surface area (Å²) in [7, 11) is 0. The van der Waals surface area contributed by atoms with Gasteiger partial charge in [-0.1, -0.05) is 0 Å². The minimum absolute atomic E-state index is 0.442. The summed E-state index contributed by atoms with van der Waals surface area (Å²) in [5.74, 6) is -0.885. The van der Waals surface area contributed by atoms with Crippen molar-refractivity contribution in [1.29, 1.82) is 0 Å². The van der Waals surface area contributed by atoms with Gasteiger partial charge in [-0.2, -0.15) is 0 Å². The van der Waals surface area contributed by atoms with Crippen LogP contribution in [-0.4, -0.2) is 11.9 Å². The predicted molar refractivity (Wildman–Crippen MR) is 70.4 cm³/mol. The fraction of sp³-hybridized carbons (Fsp3) is 0.200. The van der Waals surface area contributed by atoms with Gasteiger partial charge in [-0.05, 0) is 0 Å². The Morgan fingerprint density at radius 2 is 1.62 bits per heavy atom. The normalized spacial score (nSPS) is 10.6. The molecule has 0 amide bonds. The van der Waals surface area contributed by atoms with E-state index < -0.39 is 32.6 Å². The molecule has 6 heteroatoms. The molecule has 0 N–H and O–H groups in total. The zero-order chi connectivity index (χ0) is 12.1. The molecule has 0 aliphatic rings. The van der Waals surface area contributed by atoms with Gasteiger partial charge in [0.1, 0.15) is 0 Å². The Hall–Kier alpha value is -0.630. The standard InChI is InChI=1S/C10H10BrIO4/c1-7(13)15-12(16-8(2)14)10-6-4-3-5-9(10)11/h3-6H,1-2H3. The molecule has 0 spiro atoms. The van der Waals surface area contributed by atoms with E-state index in [0.29, 0.717) is 0 Å². The summed E-state index contributed by atoms with van der Waals surface area (Å²) in [6.07, 6.45) is 0. The number of hydrogen-bond donors (Lipinski definition) is 0. The molecule has 0 fully saturated rings. The zero-order valence-electron chi connectivity index (χ0n) is 8.70. The van der Waals surface area contributed by atoms with Crippen LogP contribution in [0.1, 0.15) is 13.8 Å². The van der Waals surface area contributed by atoms with Crippen molar-refractivity contribution in [2.75, 3.05) is 0 Å². The van der Waals surface area contributed by atoms with Crippen molar-refractivity contribution in [2.45, 2.75) is 13.8 Å². The average molecular weight is 401 g/mol. The molecule has 4 nitrogen and oxygen atoms in total. The van der Waals surface area contributed by atoms with E-state index in [2.05, 4.69) is 15.9 Å². The Labute approximate surface area is 110 Å². The fourth-order valence-corrected chi connectivity index (χ4v) is 4.76. The summed E-state index contributed by atoms with van der Waals surface area (Å²) in [6.45, 7) is 2.59. The Balaban J connectivity index is 2.96. The van der Waals surface area contributed by atoms with E-state index in [4.69, 9.17) is 6.13 Å². The molecular weight excluding hydrogens is 391 g/mol. The molecule has 88 valence electrons. The maximum atomic E-state index is 10.9. The van der Waals surface area contributed by atoms with Crippen molar-refractivity contribution in [3.8, 4) is 0 Å². The van der Waals surface area contributed by atoms with E-state index >= 15 is 0 Å². The molecule has 0 saturated heterocycles. The average Bonchev–Trinajstić information content (AvgIpc) is 2.15. The van der Waals surface area contributed by atoms with Gasteiger partial charge in [-0.15, -0.1) is 0 Å². The number of hydrogen-bond acceptors (Lipinski definition) is 4. The van der Waals surface area contributed by atoms with Gasteiger partial charge >= 0.3 is 110 Å². The maximum absolute atomic E-state index is 10.9. The second-order valence-corrected chi connectivity index (χ2v) is 6.91. The van der Waals surface area contributed by atoms with Gasteiger partial charge in [-0.25, -0.2) is 0 Å². The Morgan fingerprint density at radius 3 is 2.06 bits per heavy atom. The molecule has 0 aliphatic carbocycles. The summed E-state index contributed by atoms with van der Waals surface area (Å²) in [4.78, 5) is 21.9. The summed E-state index contributed by atoms with van der Waals surface area (Å²) < 4.78 is 11.7. The number of benzene rings is 1. The number of carbonyl (C=O) groups is 2. The van der Waals surface area contributed by atoms with Crippen LogP contribution in [0, 0.1) is 3.57 Å². The Bertz CT molecular complexity index is 392. The molecule has 0 aliphatic heterocycles. The number of halogens is 2. The monoisotopic (exact) mass is 400 g/mol. The molecule has 0 unspecified atom stereocenters. The molecule has 1 aromatic rings. The SMILES string of the molecule is CC(=O)OI(OC(C)=O)c1ccccc1Br. The van der Waals surface area contributed by atoms with E-state index in [1.807, 2.05) is 12.1 Å². The van der Waals surface area contributed by atoms with Gasteiger partial charge in [-0.3, -0.25) is 0 Å². The molecule has 0 bridgehead atoms. The fourth-order valence-electron chi connectivity index (χ4n) is 0.861. The molecule has 0 atom stereocenters. The van der Waals surface area contributed by atoms with Crippen LogP contribution >= 0.6 is 36.6 Å². The van der Waals surface area contributed by atoms with Gasteiger partial charge < -0.3 is 0 Å². The first-order valence-corrected chi connectivity index (χ1v) is 7.96. The molecule has 1 aromatic carbocycles. The molecule has 0 aromatic heterocycles. The van der Waals surface area contributed by atoms with Crippen LogP contribution in [0.25, 0.3) is 0 Å². The molecule has 0 saturated carbocycles. The first kappa shape index (κ1) is 13.4. The van der Waals surface area contributed by atoms with Crippen molar-refractivity contribution in [3.05, 3.63) is 32.3 Å². The van der Waals surface area contributed by atoms with Crippen molar-refractivity contribution in [1.82, 2.24) is 0 Å². The summed E-state index contributed by atoms with van der Waals surface area (Å²) in [5.41, 5.74) is 0. The van der Waals surface area contributed by atoms with Crippen LogP contribution < -0.4 is 0 Å². The van der Waals surface area contributed by atoms with Crippen molar-refractivity contribution < 1.29 is 15.7 Å². The van der Waals surface area contributed by atoms with Gasteiger partial charge in [0.15, 0.2) is 0 Å². The Morgan fingerprint density at radius 1 is 1.12 bits per heavy atom. The number of rotatable bonds is 3. The van der Waals surface area contributed by atoms with E-state index in [0.717, 1.165) is 8.04 Å². The van der Waals surface area contributed by atoms with Gasteiger partial charge in [0, 0.05) is 0 Å². The molecule has 0 radical (unpaired) electrons. The molecule has 1 rings (SSSR count). The first-order chi connectivity index (χ1) is 7.50. The Kier molecular flexibility index (Phi) is 5.20. The van der Waals surface area contributed by atoms with Crippen LogP contribution in [0.3, 0.4) is 0 Å². The third-order valence-corrected chi connectivity index (χ3v) is 6.71. The topological polar surface area (TPSA) is 52.6 Å². The van der Waals surface area contributed by atoms with Crippen LogP contribution in [-0.2, 0) is 15.7 Å². The third kappa shape index (κ3) is 4.09. The van der Waals surface area contributed by atoms with E-state index in [-0.39, 0.29) is 0 Å². The predicted octanol–water partition coefficient (Wildman–Crippen LogP) is 3.08. The number of carbonyl (C=O) groups excluding carboxylic acids is 2. The third-order valence-electron chi connectivity index (χ3n) is 1.35. The van der Waals surface area contributed by atoms with E-state index in [9.17, 15) is 9.59 Å². The minimum atomic E-state index is -2.68. The van der Waals surface area contributed by atoms with Crippen LogP contribution in [0.2, 0.25) is 0 Å². The second kappa shape index (κ2) is 6.19. The molecular formula is C10H10BrIO4. The molecule has 0 heterocycles. The first-order valence-electron chi connectivity index (χ1n) is 4.33. The van der Waals surface area contributed by atoms with Crippen molar-refractivity contribution in [3.63, 3.8) is 0 Å². The summed E-state index contributed by atoms with van der Waals surface area (Å²) in [5, 5.41) is 0. The van der Waals surface area contributed by atoms with Crippen molar-refractivity contribution >= 4 is 48.5 Å². The summed E-state index contributed by atoms with van der Waals surface area (Å²) >= 11 is 0.650. The van der Waals surface area contributed by atoms with Gasteiger partial charge in [0.2, 0.25) is 0 Å². The van der Waals surface area contributed by atoms with Gasteiger partial charge in [0.05, 0.1) is 0 Å². The zero-order valence-corrected chi connectivity index (χ0v) is 12.4. The van der Waals surface area contributed by atoms with E-state index in [1.165, 1.54) is 13.8 Å². The van der Waals surface area contributed by atoms with Crippen LogP contribution in [0.5, 0.6) is 0 Å². The summed E-state index contributed by atoms with van der Waals surface area (Å²) in [6, 6.07) is 7.23. The van der Waals surface area contributed by atoms with Gasteiger partial charge in [0.25, 0.3) is 0 Å². The van der Waals surface area contributed by atoms with Crippen LogP contribution in [0.4, 0.5) is 0 Å². The quantitative estimate of drug-likeness (QED) is 0.731.